The molecule has 0 amide bonds. The summed E-state index contributed by atoms with van der Waals surface area (Å²) >= 11 is 9.22. The number of benzene rings is 2. The van der Waals surface area contributed by atoms with Crippen molar-refractivity contribution in [2.45, 2.75) is 6.42 Å². The number of nitrogens with zero attached hydrogens (tertiary/aromatic N) is 1. The average Bonchev–Trinajstić information content (AvgIpc) is 2.84. The maximum Gasteiger partial charge on any atom is 0.363 e. The van der Waals surface area contributed by atoms with Gasteiger partial charge in [-0.05, 0) is 41.5 Å². The molecule has 0 saturated heterocycles. The molecule has 2 aromatic rings. The van der Waals surface area contributed by atoms with E-state index in [0.717, 1.165) is 15.6 Å². The number of rotatable bonds is 3. The zero-order valence-electron chi connectivity index (χ0n) is 11.4. The van der Waals surface area contributed by atoms with E-state index in [0.29, 0.717) is 23.0 Å². The van der Waals surface area contributed by atoms with E-state index in [2.05, 4.69) is 20.9 Å². The number of hydrogen-bond acceptors (Lipinski definition) is 3. The molecule has 0 bridgehead atoms. The molecular formula is C17H11BrClNO2. The summed E-state index contributed by atoms with van der Waals surface area (Å²) in [4.78, 5) is 16.1. The number of cyclic esters (lactones) is 1. The van der Waals surface area contributed by atoms with Crippen molar-refractivity contribution in [2.24, 2.45) is 4.99 Å². The fraction of sp³-hybridized carbons (Fsp3) is 0.0588. The second-order valence-corrected chi connectivity index (χ2v) is 6.13. The third-order valence-electron chi connectivity index (χ3n) is 3.11. The molecule has 0 spiro atoms. The van der Waals surface area contributed by atoms with Gasteiger partial charge in [-0.1, -0.05) is 51.8 Å². The summed E-state index contributed by atoms with van der Waals surface area (Å²) in [6.45, 7) is 0. The molecular weight excluding hydrogens is 366 g/mol. The number of halogens is 2. The molecule has 0 N–H and O–H groups in total. The molecule has 0 unspecified atom stereocenters. The lowest BCUT2D eigenvalue weighted by Crippen LogP contribution is -2.06. The number of ether oxygens (including phenoxy) is 1. The van der Waals surface area contributed by atoms with Crippen LogP contribution in [-0.2, 0) is 16.0 Å². The Bertz CT molecular complexity index is 764. The topological polar surface area (TPSA) is 38.7 Å². The van der Waals surface area contributed by atoms with E-state index in [1.807, 2.05) is 36.4 Å². The van der Waals surface area contributed by atoms with E-state index in [4.69, 9.17) is 16.3 Å². The van der Waals surface area contributed by atoms with Gasteiger partial charge in [-0.2, -0.15) is 0 Å². The first kappa shape index (κ1) is 15.0. The predicted molar refractivity (Wildman–Crippen MR) is 90.8 cm³/mol. The van der Waals surface area contributed by atoms with Gasteiger partial charge in [-0.3, -0.25) is 0 Å². The first-order chi connectivity index (χ1) is 10.6. The molecule has 0 aliphatic carbocycles. The second kappa shape index (κ2) is 6.46. The van der Waals surface area contributed by atoms with Gasteiger partial charge in [0.2, 0.25) is 5.90 Å². The van der Waals surface area contributed by atoms with E-state index in [9.17, 15) is 4.79 Å². The van der Waals surface area contributed by atoms with Crippen molar-refractivity contribution in [3.05, 3.63) is 74.9 Å². The van der Waals surface area contributed by atoms with E-state index < -0.39 is 5.97 Å². The first-order valence-corrected chi connectivity index (χ1v) is 7.79. The molecule has 0 radical (unpaired) electrons. The fourth-order valence-electron chi connectivity index (χ4n) is 2.02. The summed E-state index contributed by atoms with van der Waals surface area (Å²) < 4.78 is 6.19. The van der Waals surface area contributed by atoms with Gasteiger partial charge in [0.05, 0.1) is 0 Å². The molecule has 22 heavy (non-hydrogen) atoms. The van der Waals surface area contributed by atoms with Crippen LogP contribution in [0.5, 0.6) is 0 Å². The highest BCUT2D eigenvalue weighted by molar-refractivity contribution is 9.10. The average molecular weight is 377 g/mol. The largest absolute Gasteiger partial charge is 0.406 e. The van der Waals surface area contributed by atoms with Crippen LogP contribution in [0.4, 0.5) is 0 Å². The SMILES string of the molecule is O=C1OC(Cc2ccc(Cl)cc2)=N/C1=C/c1ccc(Br)cc1. The lowest BCUT2D eigenvalue weighted by Gasteiger charge is -1.99. The van der Waals surface area contributed by atoms with Crippen molar-refractivity contribution in [1.82, 2.24) is 0 Å². The van der Waals surface area contributed by atoms with Crippen molar-refractivity contribution >= 4 is 45.5 Å². The molecule has 3 rings (SSSR count). The van der Waals surface area contributed by atoms with Crippen molar-refractivity contribution in [3.63, 3.8) is 0 Å². The quantitative estimate of drug-likeness (QED) is 0.578. The number of aliphatic imine (C=N–C) groups is 1. The Labute approximate surface area is 141 Å². The summed E-state index contributed by atoms with van der Waals surface area (Å²) in [5, 5.41) is 0.671. The van der Waals surface area contributed by atoms with Crippen LogP contribution in [0.25, 0.3) is 6.08 Å². The minimum atomic E-state index is -0.424. The number of esters is 1. The lowest BCUT2D eigenvalue weighted by molar-refractivity contribution is -0.130. The summed E-state index contributed by atoms with van der Waals surface area (Å²) in [5.74, 6) is -0.0254. The molecule has 110 valence electrons. The molecule has 5 heteroatoms. The first-order valence-electron chi connectivity index (χ1n) is 6.61. The Kier molecular flexibility index (Phi) is 4.41. The lowest BCUT2D eigenvalue weighted by atomic mass is 10.1. The van der Waals surface area contributed by atoms with Crippen LogP contribution in [0, 0.1) is 0 Å². The predicted octanol–water partition coefficient (Wildman–Crippen LogP) is 4.64. The molecule has 3 nitrogen and oxygen atoms in total. The molecule has 0 fully saturated rings. The standard InChI is InChI=1S/C17H11BrClNO2/c18-13-5-1-11(2-6-13)9-15-17(21)22-16(20-15)10-12-3-7-14(19)8-4-12/h1-9H,10H2/b15-9+. The van der Waals surface area contributed by atoms with Crippen LogP contribution in [0.15, 0.2) is 63.7 Å². The normalized spacial score (nSPS) is 15.8. The molecule has 0 aromatic heterocycles. The molecule has 1 heterocycles. The molecule has 2 aromatic carbocycles. The maximum atomic E-state index is 11.9. The third-order valence-corrected chi connectivity index (χ3v) is 3.89. The van der Waals surface area contributed by atoms with Crippen LogP contribution >= 0.6 is 27.5 Å². The zero-order valence-corrected chi connectivity index (χ0v) is 13.8. The van der Waals surface area contributed by atoms with Crippen molar-refractivity contribution in [2.75, 3.05) is 0 Å². The Balaban J connectivity index is 1.79. The van der Waals surface area contributed by atoms with Crippen LogP contribution in [0.1, 0.15) is 11.1 Å². The highest BCUT2D eigenvalue weighted by atomic mass is 79.9. The van der Waals surface area contributed by atoms with Gasteiger partial charge < -0.3 is 4.74 Å². The van der Waals surface area contributed by atoms with Gasteiger partial charge in [0.1, 0.15) is 0 Å². The minimum absolute atomic E-state index is 0.311. The smallest absolute Gasteiger partial charge is 0.363 e. The Morgan fingerprint density at radius 2 is 1.77 bits per heavy atom. The molecule has 0 atom stereocenters. The Morgan fingerprint density at radius 3 is 2.45 bits per heavy atom. The second-order valence-electron chi connectivity index (χ2n) is 4.78. The van der Waals surface area contributed by atoms with Gasteiger partial charge in [0.15, 0.2) is 5.70 Å². The summed E-state index contributed by atoms with van der Waals surface area (Å²) in [6.07, 6.45) is 2.17. The van der Waals surface area contributed by atoms with Gasteiger partial charge in [0.25, 0.3) is 0 Å². The van der Waals surface area contributed by atoms with Gasteiger partial charge >= 0.3 is 5.97 Å². The van der Waals surface area contributed by atoms with Gasteiger partial charge in [-0.25, -0.2) is 9.79 Å². The Morgan fingerprint density at radius 1 is 1.09 bits per heavy atom. The molecule has 1 aliphatic heterocycles. The van der Waals surface area contributed by atoms with Gasteiger partial charge in [-0.15, -0.1) is 0 Å². The summed E-state index contributed by atoms with van der Waals surface area (Å²) in [7, 11) is 0. The van der Waals surface area contributed by atoms with E-state index in [1.54, 1.807) is 18.2 Å². The fourth-order valence-corrected chi connectivity index (χ4v) is 2.41. The van der Waals surface area contributed by atoms with Crippen molar-refractivity contribution in [1.29, 1.82) is 0 Å². The minimum Gasteiger partial charge on any atom is -0.406 e. The number of hydrogen-bond donors (Lipinski definition) is 0. The van der Waals surface area contributed by atoms with Crippen LogP contribution in [0.2, 0.25) is 5.02 Å². The van der Waals surface area contributed by atoms with E-state index in [-0.39, 0.29) is 0 Å². The highest BCUT2D eigenvalue weighted by Gasteiger charge is 2.22. The molecule has 0 saturated carbocycles. The van der Waals surface area contributed by atoms with Crippen molar-refractivity contribution < 1.29 is 9.53 Å². The maximum absolute atomic E-state index is 11.9. The number of carbonyl (C=O) groups excluding carboxylic acids is 1. The summed E-state index contributed by atoms with van der Waals surface area (Å²) in [6, 6.07) is 15.0. The van der Waals surface area contributed by atoms with Gasteiger partial charge in [0, 0.05) is 15.9 Å². The Hall–Kier alpha value is -1.91. The van der Waals surface area contributed by atoms with E-state index >= 15 is 0 Å². The summed E-state index contributed by atoms with van der Waals surface area (Å²) in [5.41, 5.74) is 2.19. The van der Waals surface area contributed by atoms with E-state index in [1.165, 1.54) is 0 Å². The van der Waals surface area contributed by atoms with Crippen LogP contribution in [0.3, 0.4) is 0 Å². The van der Waals surface area contributed by atoms with Crippen LogP contribution < -0.4 is 0 Å². The number of carbonyl (C=O) groups is 1. The highest BCUT2D eigenvalue weighted by Crippen LogP contribution is 2.19. The zero-order chi connectivity index (χ0) is 15.5. The van der Waals surface area contributed by atoms with Crippen LogP contribution in [-0.4, -0.2) is 11.9 Å². The third kappa shape index (κ3) is 3.64. The monoisotopic (exact) mass is 375 g/mol. The van der Waals surface area contributed by atoms with Crippen molar-refractivity contribution in [3.8, 4) is 0 Å². The molecule has 1 aliphatic rings.